The molecule has 1 aromatic heterocycles. The number of carbonyl (C=O) groups is 1. The zero-order chi connectivity index (χ0) is 28.2. The molecule has 7 heteroatoms. The number of anilines is 1. The molecule has 3 rings (SSSR count). The fourth-order valence-electron chi connectivity index (χ4n) is 4.10. The van der Waals surface area contributed by atoms with Crippen molar-refractivity contribution in [2.75, 3.05) is 36.5 Å². The van der Waals surface area contributed by atoms with Crippen molar-refractivity contribution in [1.29, 1.82) is 0 Å². The van der Waals surface area contributed by atoms with E-state index in [0.29, 0.717) is 30.7 Å². The van der Waals surface area contributed by atoms with E-state index in [4.69, 9.17) is 4.98 Å². The Morgan fingerprint density at radius 2 is 1.51 bits per heavy atom. The molecule has 0 spiro atoms. The second-order valence-corrected chi connectivity index (χ2v) is 14.1. The van der Waals surface area contributed by atoms with Gasteiger partial charge in [-0.3, -0.25) is 14.6 Å². The summed E-state index contributed by atoms with van der Waals surface area (Å²) in [6.45, 7) is 20.2. The van der Waals surface area contributed by atoms with Crippen LogP contribution in [-0.2, 0) is 20.2 Å². The fourth-order valence-corrected chi connectivity index (χ4v) is 5.30. The van der Waals surface area contributed by atoms with Gasteiger partial charge in [0.05, 0.1) is 17.2 Å². The van der Waals surface area contributed by atoms with Crippen LogP contribution in [0.2, 0.25) is 0 Å². The number of sulfone groups is 1. The van der Waals surface area contributed by atoms with Gasteiger partial charge in [0.25, 0.3) is 0 Å². The maximum Gasteiger partial charge on any atom is 0.227 e. The highest BCUT2D eigenvalue weighted by Crippen LogP contribution is 2.34. The normalized spacial score (nSPS) is 16.1. The van der Waals surface area contributed by atoms with Crippen LogP contribution in [0.1, 0.15) is 78.0 Å². The summed E-state index contributed by atoms with van der Waals surface area (Å²) in [6.07, 6.45) is 1.70. The summed E-state index contributed by atoms with van der Waals surface area (Å²) in [7, 11) is -1.16. The van der Waals surface area contributed by atoms with Gasteiger partial charge in [0.2, 0.25) is 5.91 Å². The van der Waals surface area contributed by atoms with E-state index in [2.05, 4.69) is 71.6 Å². The Labute approximate surface area is 225 Å². The minimum atomic E-state index is -2.93. The van der Waals surface area contributed by atoms with E-state index in [1.165, 1.54) is 6.42 Å². The van der Waals surface area contributed by atoms with Gasteiger partial charge in [0, 0.05) is 37.7 Å². The molecule has 1 fully saturated rings. The van der Waals surface area contributed by atoms with Gasteiger partial charge in [0.15, 0.2) is 9.84 Å². The summed E-state index contributed by atoms with van der Waals surface area (Å²) in [6, 6.07) is 10.4. The summed E-state index contributed by atoms with van der Waals surface area (Å²) in [4.78, 5) is 20.9. The monoisotopic (exact) mass is 529 g/mol. The molecule has 37 heavy (non-hydrogen) atoms. The van der Waals surface area contributed by atoms with E-state index in [1.54, 1.807) is 11.9 Å². The van der Waals surface area contributed by atoms with Crippen LogP contribution in [0.15, 0.2) is 30.3 Å². The van der Waals surface area contributed by atoms with Gasteiger partial charge >= 0.3 is 0 Å². The maximum absolute atomic E-state index is 12.2. The first kappa shape index (κ1) is 31.0. The number of rotatable bonds is 5. The highest BCUT2D eigenvalue weighted by molar-refractivity contribution is 7.91. The molecule has 0 unspecified atom stereocenters. The summed E-state index contributed by atoms with van der Waals surface area (Å²) in [5.41, 5.74) is 5.26. The van der Waals surface area contributed by atoms with Crippen molar-refractivity contribution in [2.24, 2.45) is 5.41 Å². The Bertz CT molecular complexity index is 1180. The van der Waals surface area contributed by atoms with Crippen molar-refractivity contribution in [3.8, 4) is 11.3 Å². The maximum atomic E-state index is 12.2. The van der Waals surface area contributed by atoms with E-state index in [0.717, 1.165) is 27.9 Å². The van der Waals surface area contributed by atoms with Crippen LogP contribution in [0.4, 0.5) is 5.82 Å². The van der Waals surface area contributed by atoms with Gasteiger partial charge in [-0.1, -0.05) is 59.2 Å². The zero-order valence-electron chi connectivity index (χ0n) is 24.6. The first-order valence-electron chi connectivity index (χ1n) is 13.3. The molecule has 1 aliphatic heterocycles. The molecule has 0 atom stereocenters. The zero-order valence-corrected chi connectivity index (χ0v) is 25.4. The molecule has 1 aliphatic rings. The number of amides is 1. The minimum Gasteiger partial charge on any atom is -0.300 e. The Kier molecular flexibility index (Phi) is 10.1. The molecule has 2 aromatic rings. The molecule has 0 saturated carbocycles. The van der Waals surface area contributed by atoms with Crippen LogP contribution in [-0.4, -0.2) is 55.9 Å². The smallest absolute Gasteiger partial charge is 0.227 e. The lowest BCUT2D eigenvalue weighted by Gasteiger charge is -2.41. The van der Waals surface area contributed by atoms with Crippen molar-refractivity contribution >= 4 is 21.6 Å². The van der Waals surface area contributed by atoms with Gasteiger partial charge in [-0.2, -0.15) is 0 Å². The summed E-state index contributed by atoms with van der Waals surface area (Å²) in [5.74, 6) is 1.11. The van der Waals surface area contributed by atoms with Crippen molar-refractivity contribution in [3.05, 3.63) is 47.0 Å². The largest absolute Gasteiger partial charge is 0.300 e. The lowest BCUT2D eigenvalue weighted by atomic mass is 9.88. The molecule has 1 aromatic carbocycles. The van der Waals surface area contributed by atoms with Gasteiger partial charge in [-0.25, -0.2) is 13.4 Å². The summed E-state index contributed by atoms with van der Waals surface area (Å²) in [5, 5.41) is 0. The van der Waals surface area contributed by atoms with Crippen LogP contribution in [0.3, 0.4) is 0 Å². The van der Waals surface area contributed by atoms with E-state index in [-0.39, 0.29) is 23.0 Å². The van der Waals surface area contributed by atoms with E-state index < -0.39 is 9.84 Å². The van der Waals surface area contributed by atoms with Crippen molar-refractivity contribution in [1.82, 2.24) is 9.88 Å². The molecule has 0 bridgehead atoms. The quantitative estimate of drug-likeness (QED) is 0.465. The van der Waals surface area contributed by atoms with Crippen LogP contribution >= 0.6 is 0 Å². The van der Waals surface area contributed by atoms with E-state index in [1.807, 2.05) is 26.0 Å². The molecule has 0 radical (unpaired) electrons. The second-order valence-electron chi connectivity index (χ2n) is 11.8. The predicted octanol–water partition coefficient (Wildman–Crippen LogP) is 6.15. The highest BCUT2D eigenvalue weighted by atomic mass is 32.2. The summed E-state index contributed by atoms with van der Waals surface area (Å²) < 4.78 is 23.7. The van der Waals surface area contributed by atoms with Crippen LogP contribution in [0.5, 0.6) is 0 Å². The summed E-state index contributed by atoms with van der Waals surface area (Å²) >= 11 is 0. The third kappa shape index (κ3) is 8.11. The Balaban J connectivity index is 0.000000717. The number of aromatic nitrogens is 1. The molecule has 1 amide bonds. The van der Waals surface area contributed by atoms with Crippen LogP contribution in [0.25, 0.3) is 11.3 Å². The second kappa shape index (κ2) is 12.1. The number of pyridine rings is 1. The molecule has 6 nitrogen and oxygen atoms in total. The van der Waals surface area contributed by atoms with Gasteiger partial charge < -0.3 is 0 Å². The third-order valence-electron chi connectivity index (χ3n) is 7.48. The number of aryl methyl sites for hydroxylation is 2. The van der Waals surface area contributed by atoms with Gasteiger partial charge in [-0.15, -0.1) is 0 Å². The van der Waals surface area contributed by atoms with Crippen LogP contribution in [0, 0.1) is 19.3 Å². The predicted molar refractivity (Wildman–Crippen MR) is 156 cm³/mol. The Morgan fingerprint density at radius 1 is 0.973 bits per heavy atom. The Hall–Kier alpha value is -2.25. The molecule has 1 saturated heterocycles. The van der Waals surface area contributed by atoms with E-state index >= 15 is 0 Å². The fraction of sp³-hybridized carbons (Fsp3) is 0.600. The molecule has 206 valence electrons. The number of carbonyl (C=O) groups excluding carboxylic acids is 1. The lowest BCUT2D eigenvalue weighted by molar-refractivity contribution is -0.118. The topological polar surface area (TPSA) is 70.6 Å². The highest BCUT2D eigenvalue weighted by Gasteiger charge is 2.34. The van der Waals surface area contributed by atoms with Crippen molar-refractivity contribution < 1.29 is 13.2 Å². The third-order valence-corrected chi connectivity index (χ3v) is 9.09. The number of hydrogen-bond acceptors (Lipinski definition) is 5. The Morgan fingerprint density at radius 3 is 2.03 bits per heavy atom. The van der Waals surface area contributed by atoms with E-state index in [9.17, 15) is 13.2 Å². The van der Waals surface area contributed by atoms with Crippen molar-refractivity contribution in [2.45, 2.75) is 80.7 Å². The van der Waals surface area contributed by atoms with Gasteiger partial charge in [-0.05, 0) is 61.9 Å². The van der Waals surface area contributed by atoms with Crippen LogP contribution < -0.4 is 4.90 Å². The first-order valence-corrected chi connectivity index (χ1v) is 15.2. The number of hydrogen-bond donors (Lipinski definition) is 0. The molecule has 0 aliphatic carbocycles. The number of nitrogens with zero attached hydrogens (tertiary/aromatic N) is 3. The standard InChI is InChI=1S/C24H33N3O3S.C6H14/c1-7-22(28)26(6)23-18(3)9-11-21(25-23)20-16-19(10-8-17(20)2)24(4,5)27-12-14-31(29,30)15-13-27;1-5-6(2,3)4/h8-11,16H,7,12-15H2,1-6H3;5H2,1-4H3. The van der Waals surface area contributed by atoms with Crippen molar-refractivity contribution in [3.63, 3.8) is 0 Å². The van der Waals surface area contributed by atoms with Gasteiger partial charge in [0.1, 0.15) is 5.82 Å². The molecule has 2 heterocycles. The molecule has 0 N–H and O–H groups in total. The average Bonchev–Trinajstić information content (AvgIpc) is 2.83. The average molecular weight is 530 g/mol. The molecular weight excluding hydrogens is 482 g/mol. The first-order chi connectivity index (χ1) is 17.0. The minimum absolute atomic E-state index is 0.0272. The SMILES string of the molecule is CCC(=O)N(C)c1nc(-c2cc(C(C)(C)N3CCS(=O)(=O)CC3)ccc2C)ccc1C.CCC(C)(C)C. The molecular formula is C30H47N3O3S. The lowest BCUT2D eigenvalue weighted by Crippen LogP contribution is -2.49. The number of benzene rings is 1.